The predicted octanol–water partition coefficient (Wildman–Crippen LogP) is 3.30. The molecule has 7 nitrogen and oxygen atoms in total. The first kappa shape index (κ1) is 14.5. The summed E-state index contributed by atoms with van der Waals surface area (Å²) in [6.07, 6.45) is 2.11. The third-order valence-corrected chi connectivity index (χ3v) is 3.61. The average molecular weight is 304 g/mol. The van der Waals surface area contributed by atoms with Gasteiger partial charge in [-0.3, -0.25) is 25.0 Å². The number of non-ortho nitro benzene ring substituents is 1. The lowest BCUT2D eigenvalue weighted by atomic mass is 10.1. The molecular weight excluding hydrogens is 296 g/mol. The number of allylic oxidation sites excluding steroid dienone is 1. The molecule has 0 spiro atoms. The Labute approximate surface area is 122 Å². The highest BCUT2D eigenvalue weighted by Crippen LogP contribution is 2.27. The summed E-state index contributed by atoms with van der Waals surface area (Å²) in [6.45, 7) is 0. The minimum atomic E-state index is -0.531. The van der Waals surface area contributed by atoms with Crippen molar-refractivity contribution in [3.8, 4) is 0 Å². The zero-order valence-corrected chi connectivity index (χ0v) is 11.3. The molecule has 0 saturated heterocycles. The Morgan fingerprint density at radius 1 is 1.00 bits per heavy atom. The van der Waals surface area contributed by atoms with Crippen molar-refractivity contribution in [2.45, 2.75) is 0 Å². The van der Waals surface area contributed by atoms with Gasteiger partial charge in [-0.2, -0.15) is 0 Å². The molecule has 1 aromatic heterocycles. The fourth-order valence-electron chi connectivity index (χ4n) is 1.63. The summed E-state index contributed by atoms with van der Waals surface area (Å²) in [6, 6.07) is 8.40. The van der Waals surface area contributed by atoms with Crippen molar-refractivity contribution in [1.29, 1.82) is 0 Å². The minimum Gasteiger partial charge on any atom is -0.298 e. The van der Waals surface area contributed by atoms with Crippen LogP contribution in [0.2, 0.25) is 0 Å². The maximum atomic E-state index is 11.1. The van der Waals surface area contributed by atoms with Crippen LogP contribution >= 0.6 is 11.3 Å². The largest absolute Gasteiger partial charge is 0.324 e. The number of thiophene rings is 1. The van der Waals surface area contributed by atoms with Gasteiger partial charge in [0, 0.05) is 28.6 Å². The van der Waals surface area contributed by atoms with Gasteiger partial charge in [0.05, 0.1) is 9.85 Å². The lowest BCUT2D eigenvalue weighted by Crippen LogP contribution is -1.89. The third kappa shape index (κ3) is 3.37. The van der Waals surface area contributed by atoms with Crippen LogP contribution in [-0.4, -0.2) is 16.1 Å². The van der Waals surface area contributed by atoms with Crippen LogP contribution in [0.3, 0.4) is 0 Å². The SMILES string of the molecule is O=CC(=Cc1ccc([N+](=O)[O-])s1)c1ccc([N+](=O)[O-])cc1. The van der Waals surface area contributed by atoms with E-state index in [2.05, 4.69) is 0 Å². The minimum absolute atomic E-state index is 0.0183. The van der Waals surface area contributed by atoms with E-state index in [9.17, 15) is 25.0 Å². The van der Waals surface area contributed by atoms with Crippen LogP contribution in [0.1, 0.15) is 10.4 Å². The topological polar surface area (TPSA) is 103 Å². The molecule has 0 radical (unpaired) electrons. The monoisotopic (exact) mass is 304 g/mol. The summed E-state index contributed by atoms with van der Waals surface area (Å²) in [5, 5.41) is 21.2. The molecule has 106 valence electrons. The molecule has 21 heavy (non-hydrogen) atoms. The van der Waals surface area contributed by atoms with Gasteiger partial charge in [-0.05, 0) is 29.8 Å². The van der Waals surface area contributed by atoms with Gasteiger partial charge < -0.3 is 0 Å². The highest BCUT2D eigenvalue weighted by atomic mass is 32.1. The van der Waals surface area contributed by atoms with Gasteiger partial charge in [0.15, 0.2) is 6.29 Å². The fraction of sp³-hybridized carbons (Fsp3) is 0. The summed E-state index contributed by atoms with van der Waals surface area (Å²) in [5.74, 6) is 0. The number of carbonyl (C=O) groups is 1. The van der Waals surface area contributed by atoms with Crippen molar-refractivity contribution >= 4 is 40.0 Å². The standard InChI is InChI=1S/C13H8N2O5S/c16-8-10(7-12-5-6-13(21-12)15(19)20)9-1-3-11(4-2-9)14(17)18/h1-8H. The zero-order valence-electron chi connectivity index (χ0n) is 10.5. The molecule has 0 aliphatic rings. The summed E-state index contributed by atoms with van der Waals surface area (Å²) >= 11 is 0.945. The quantitative estimate of drug-likeness (QED) is 0.365. The fourth-order valence-corrected chi connectivity index (χ4v) is 2.41. The van der Waals surface area contributed by atoms with Gasteiger partial charge in [0.25, 0.3) is 5.69 Å². The molecule has 1 heterocycles. The predicted molar refractivity (Wildman–Crippen MR) is 78.0 cm³/mol. The van der Waals surface area contributed by atoms with E-state index in [4.69, 9.17) is 0 Å². The molecule has 2 aromatic rings. The molecule has 0 fully saturated rings. The van der Waals surface area contributed by atoms with Gasteiger partial charge >= 0.3 is 5.00 Å². The Kier molecular flexibility index (Phi) is 4.19. The van der Waals surface area contributed by atoms with E-state index in [-0.39, 0.29) is 10.7 Å². The van der Waals surface area contributed by atoms with E-state index in [1.807, 2.05) is 0 Å². The lowest BCUT2D eigenvalue weighted by molar-refractivity contribution is -0.384. The Hall–Kier alpha value is -2.87. The zero-order chi connectivity index (χ0) is 15.4. The van der Waals surface area contributed by atoms with Crippen molar-refractivity contribution < 1.29 is 14.6 Å². The van der Waals surface area contributed by atoms with Gasteiger partial charge in [-0.15, -0.1) is 0 Å². The van der Waals surface area contributed by atoms with E-state index < -0.39 is 9.85 Å². The number of nitro groups is 2. The maximum Gasteiger partial charge on any atom is 0.324 e. The first-order valence-electron chi connectivity index (χ1n) is 5.67. The van der Waals surface area contributed by atoms with Crippen LogP contribution in [0, 0.1) is 20.2 Å². The number of carbonyl (C=O) groups excluding carboxylic acids is 1. The van der Waals surface area contributed by atoms with E-state index in [0.29, 0.717) is 22.3 Å². The van der Waals surface area contributed by atoms with E-state index in [1.54, 1.807) is 0 Å². The second-order valence-electron chi connectivity index (χ2n) is 3.95. The number of hydrogen-bond acceptors (Lipinski definition) is 6. The molecule has 0 amide bonds. The number of nitro benzene ring substituents is 1. The molecule has 8 heteroatoms. The van der Waals surface area contributed by atoms with Crippen LogP contribution < -0.4 is 0 Å². The van der Waals surface area contributed by atoms with E-state index in [1.165, 1.54) is 42.5 Å². The van der Waals surface area contributed by atoms with Crippen LogP contribution in [0.4, 0.5) is 10.7 Å². The lowest BCUT2D eigenvalue weighted by Gasteiger charge is -1.99. The molecule has 0 unspecified atom stereocenters. The number of aldehydes is 1. The second kappa shape index (κ2) is 6.06. The van der Waals surface area contributed by atoms with Crippen molar-refractivity contribution in [2.24, 2.45) is 0 Å². The van der Waals surface area contributed by atoms with Gasteiger partial charge in [-0.1, -0.05) is 11.3 Å². The summed E-state index contributed by atoms with van der Waals surface area (Å²) < 4.78 is 0. The molecule has 2 rings (SSSR count). The summed E-state index contributed by atoms with van der Waals surface area (Å²) in [7, 11) is 0. The van der Waals surface area contributed by atoms with Crippen LogP contribution in [-0.2, 0) is 4.79 Å². The molecule has 0 aliphatic heterocycles. The molecule has 0 aliphatic carbocycles. The highest BCUT2D eigenvalue weighted by Gasteiger charge is 2.10. The maximum absolute atomic E-state index is 11.1. The number of benzene rings is 1. The van der Waals surface area contributed by atoms with Crippen LogP contribution in [0.25, 0.3) is 11.6 Å². The van der Waals surface area contributed by atoms with E-state index in [0.717, 1.165) is 11.3 Å². The first-order chi connectivity index (χ1) is 10.0. The van der Waals surface area contributed by atoms with Gasteiger partial charge in [-0.25, -0.2) is 0 Å². The smallest absolute Gasteiger partial charge is 0.298 e. The van der Waals surface area contributed by atoms with Gasteiger partial charge in [0.1, 0.15) is 0 Å². The van der Waals surface area contributed by atoms with Crippen molar-refractivity contribution in [2.75, 3.05) is 0 Å². The van der Waals surface area contributed by atoms with Gasteiger partial charge in [0.2, 0.25) is 0 Å². The Morgan fingerprint density at radius 3 is 2.14 bits per heavy atom. The molecule has 0 saturated carbocycles. The first-order valence-corrected chi connectivity index (χ1v) is 6.49. The Bertz CT molecular complexity index is 733. The molecule has 0 bridgehead atoms. The summed E-state index contributed by atoms with van der Waals surface area (Å²) in [4.78, 5) is 31.8. The third-order valence-electron chi connectivity index (χ3n) is 2.63. The number of rotatable bonds is 5. The van der Waals surface area contributed by atoms with Crippen molar-refractivity contribution in [3.63, 3.8) is 0 Å². The van der Waals surface area contributed by atoms with Crippen molar-refractivity contribution in [3.05, 3.63) is 67.1 Å². The molecule has 0 atom stereocenters. The molecule has 0 N–H and O–H groups in total. The summed E-state index contributed by atoms with van der Waals surface area (Å²) in [5.41, 5.74) is 0.726. The second-order valence-corrected chi connectivity index (χ2v) is 5.05. The van der Waals surface area contributed by atoms with Crippen LogP contribution in [0.5, 0.6) is 0 Å². The van der Waals surface area contributed by atoms with Crippen molar-refractivity contribution in [1.82, 2.24) is 0 Å². The average Bonchev–Trinajstić information content (AvgIpc) is 2.93. The van der Waals surface area contributed by atoms with Crippen LogP contribution in [0.15, 0.2) is 36.4 Å². The van der Waals surface area contributed by atoms with E-state index >= 15 is 0 Å². The molecule has 1 aromatic carbocycles. The molecular formula is C13H8N2O5S. The highest BCUT2D eigenvalue weighted by molar-refractivity contribution is 7.16. The Balaban J connectivity index is 2.33. The Morgan fingerprint density at radius 2 is 1.67 bits per heavy atom. The number of hydrogen-bond donors (Lipinski definition) is 0. The number of nitrogens with zero attached hydrogens (tertiary/aromatic N) is 2. The normalized spacial score (nSPS) is 11.1.